The zero-order valence-electron chi connectivity index (χ0n) is 23.0. The Hall–Kier alpha value is -2.87. The average Bonchev–Trinajstić information content (AvgIpc) is 2.87. The van der Waals surface area contributed by atoms with Crippen molar-refractivity contribution in [1.29, 1.82) is 0 Å². The Labute approximate surface area is 228 Å². The summed E-state index contributed by atoms with van der Waals surface area (Å²) in [6, 6.07) is 1.94. The summed E-state index contributed by atoms with van der Waals surface area (Å²) in [5, 5.41) is 23.0. The number of fused-ring (bicyclic) bond motifs is 3. The Kier molecular flexibility index (Phi) is 7.06. The molecule has 39 heavy (non-hydrogen) atoms. The molecule has 0 aromatic heterocycles. The number of phenols is 1. The van der Waals surface area contributed by atoms with E-state index in [1.54, 1.807) is 13.8 Å². The minimum atomic E-state index is -2.65. The van der Waals surface area contributed by atoms with E-state index in [4.69, 9.17) is 5.73 Å². The maximum absolute atomic E-state index is 14.0. The third-order valence-corrected chi connectivity index (χ3v) is 10.2. The van der Waals surface area contributed by atoms with Crippen molar-refractivity contribution in [2.75, 3.05) is 0 Å². The summed E-state index contributed by atoms with van der Waals surface area (Å²) in [6.45, 7) is 5.39. The fourth-order valence-corrected chi connectivity index (χ4v) is 8.20. The molecule has 210 valence electrons. The van der Waals surface area contributed by atoms with Crippen LogP contribution in [0, 0.1) is 48.3 Å². The molecule has 3 saturated carbocycles. The average molecular weight is 538 g/mol. The molecule has 0 aliphatic heterocycles. The van der Waals surface area contributed by atoms with Crippen molar-refractivity contribution in [1.82, 2.24) is 0 Å². The van der Waals surface area contributed by atoms with Crippen molar-refractivity contribution in [3.8, 4) is 5.75 Å². The van der Waals surface area contributed by atoms with E-state index in [2.05, 4.69) is 0 Å². The lowest BCUT2D eigenvalue weighted by Gasteiger charge is -2.52. The van der Waals surface area contributed by atoms with Crippen LogP contribution in [0.3, 0.4) is 0 Å². The van der Waals surface area contributed by atoms with E-state index >= 15 is 0 Å². The molecular formula is C31H39NO7. The van der Waals surface area contributed by atoms with Gasteiger partial charge in [0.05, 0.1) is 11.5 Å². The van der Waals surface area contributed by atoms with Crippen molar-refractivity contribution >= 4 is 29.0 Å². The monoisotopic (exact) mass is 537 g/mol. The normalized spacial score (nSPS) is 33.1. The van der Waals surface area contributed by atoms with Crippen LogP contribution in [0.2, 0.25) is 0 Å². The maximum atomic E-state index is 14.0. The van der Waals surface area contributed by atoms with Gasteiger partial charge in [0.1, 0.15) is 5.75 Å². The van der Waals surface area contributed by atoms with Crippen LogP contribution >= 0.6 is 0 Å². The van der Waals surface area contributed by atoms with Crippen molar-refractivity contribution < 1.29 is 34.2 Å². The van der Waals surface area contributed by atoms with E-state index in [0.717, 1.165) is 12.0 Å². The highest BCUT2D eigenvalue weighted by Crippen LogP contribution is 2.53. The van der Waals surface area contributed by atoms with E-state index in [9.17, 15) is 34.2 Å². The van der Waals surface area contributed by atoms with E-state index in [0.29, 0.717) is 29.9 Å². The van der Waals surface area contributed by atoms with Gasteiger partial charge in [0.15, 0.2) is 34.7 Å². The van der Waals surface area contributed by atoms with Crippen LogP contribution in [0.1, 0.15) is 85.8 Å². The van der Waals surface area contributed by atoms with Crippen LogP contribution in [0.15, 0.2) is 6.07 Å². The summed E-state index contributed by atoms with van der Waals surface area (Å²) in [4.78, 5) is 66.7. The second kappa shape index (κ2) is 9.95. The smallest absolute Gasteiger partial charge is 0.235 e. The molecule has 4 aliphatic carbocycles. The van der Waals surface area contributed by atoms with Crippen molar-refractivity contribution in [2.24, 2.45) is 47.2 Å². The number of aryl methyl sites for hydroxylation is 2. The van der Waals surface area contributed by atoms with Crippen molar-refractivity contribution in [3.63, 3.8) is 0 Å². The summed E-state index contributed by atoms with van der Waals surface area (Å²) < 4.78 is 0. The van der Waals surface area contributed by atoms with Gasteiger partial charge in [-0.3, -0.25) is 24.0 Å². The molecule has 0 heterocycles. The molecule has 1 amide bonds. The number of amides is 1. The highest BCUT2D eigenvalue weighted by Gasteiger charge is 2.69. The van der Waals surface area contributed by atoms with Crippen LogP contribution in [-0.2, 0) is 32.0 Å². The number of aliphatic hydroxyl groups is 1. The van der Waals surface area contributed by atoms with Gasteiger partial charge in [0, 0.05) is 11.8 Å². The fraction of sp³-hybridized carbons (Fsp3) is 0.645. The Morgan fingerprint density at radius 1 is 1.10 bits per heavy atom. The lowest BCUT2D eigenvalue weighted by molar-refractivity contribution is -0.182. The summed E-state index contributed by atoms with van der Waals surface area (Å²) in [7, 11) is 0. The molecule has 8 heteroatoms. The van der Waals surface area contributed by atoms with Gasteiger partial charge < -0.3 is 15.9 Å². The van der Waals surface area contributed by atoms with Crippen LogP contribution < -0.4 is 5.73 Å². The number of aromatic hydroxyl groups is 1. The molecule has 1 aromatic carbocycles. The Bertz CT molecular complexity index is 1260. The predicted molar refractivity (Wildman–Crippen MR) is 142 cm³/mol. The SMILES string of the molecule is Cc1cc(CCC2CCCCC2)c(O)c2c1C[C@H]1C[C@H]3[C@H](C(C)C)C(=O)C(C(N)=O)C(=O)[C@@]3(O)C(=O)C1C2=O. The van der Waals surface area contributed by atoms with Gasteiger partial charge in [0.2, 0.25) is 5.91 Å². The first-order valence-corrected chi connectivity index (χ1v) is 14.4. The third-order valence-electron chi connectivity index (χ3n) is 10.2. The fourth-order valence-electron chi connectivity index (χ4n) is 8.20. The third kappa shape index (κ3) is 4.17. The minimum Gasteiger partial charge on any atom is -0.507 e. The number of primary amides is 1. The summed E-state index contributed by atoms with van der Waals surface area (Å²) in [6.07, 6.45) is 7.99. The number of carbonyl (C=O) groups is 5. The standard InChI is InChI=1S/C31H39NO7/c1-14(2)21-20-13-18-12-19-15(3)11-17(10-9-16-7-5-4-6-8-16)25(33)23(19)27(35)22(18)28(36)31(20,39)29(37)24(26(21)34)30(32)38/h11,14,16,18,20-22,24,33,39H,4-10,12-13H2,1-3H3,(H2,32,38)/t18-,20-,21-,22?,24?,31-/m0/s1. The van der Waals surface area contributed by atoms with Crippen molar-refractivity contribution in [2.45, 2.75) is 84.2 Å². The molecule has 4 aliphatic rings. The van der Waals surface area contributed by atoms with E-state index in [1.165, 1.54) is 32.1 Å². The Morgan fingerprint density at radius 2 is 1.77 bits per heavy atom. The van der Waals surface area contributed by atoms with Crippen LogP contribution in [0.5, 0.6) is 5.75 Å². The summed E-state index contributed by atoms with van der Waals surface area (Å²) in [5.41, 5.74) is 5.07. The summed E-state index contributed by atoms with van der Waals surface area (Å²) in [5.74, 6) is -10.3. The largest absolute Gasteiger partial charge is 0.507 e. The summed E-state index contributed by atoms with van der Waals surface area (Å²) >= 11 is 0. The second-order valence-electron chi connectivity index (χ2n) is 12.7. The Morgan fingerprint density at radius 3 is 2.38 bits per heavy atom. The van der Waals surface area contributed by atoms with Gasteiger partial charge in [-0.1, -0.05) is 52.0 Å². The van der Waals surface area contributed by atoms with Crippen LogP contribution in [-0.4, -0.2) is 44.9 Å². The van der Waals surface area contributed by atoms with E-state index in [-0.39, 0.29) is 23.7 Å². The topological polar surface area (TPSA) is 152 Å². The maximum Gasteiger partial charge on any atom is 0.235 e. The van der Waals surface area contributed by atoms with Crippen LogP contribution in [0.25, 0.3) is 0 Å². The second-order valence-corrected chi connectivity index (χ2v) is 12.7. The lowest BCUT2D eigenvalue weighted by atomic mass is 9.49. The first kappa shape index (κ1) is 27.7. The van der Waals surface area contributed by atoms with Gasteiger partial charge >= 0.3 is 0 Å². The molecule has 4 N–H and O–H groups in total. The van der Waals surface area contributed by atoms with Gasteiger partial charge in [-0.25, -0.2) is 0 Å². The molecule has 0 bridgehead atoms. The number of hydrogen-bond donors (Lipinski definition) is 3. The number of Topliss-reactive ketones (excluding diaryl/α,β-unsaturated/α-hetero) is 4. The highest BCUT2D eigenvalue weighted by molar-refractivity contribution is 6.31. The number of hydrogen-bond acceptors (Lipinski definition) is 7. The quantitative estimate of drug-likeness (QED) is 0.488. The van der Waals surface area contributed by atoms with E-state index in [1.807, 2.05) is 13.0 Å². The molecule has 3 fully saturated rings. The first-order chi connectivity index (χ1) is 18.4. The molecule has 6 atom stereocenters. The zero-order valence-corrected chi connectivity index (χ0v) is 23.0. The zero-order chi connectivity index (χ0) is 28.4. The number of benzene rings is 1. The van der Waals surface area contributed by atoms with Gasteiger partial charge in [-0.2, -0.15) is 0 Å². The molecule has 1 aromatic rings. The van der Waals surface area contributed by atoms with E-state index < -0.39 is 64.2 Å². The molecule has 0 spiro atoms. The minimum absolute atomic E-state index is 0.105. The molecule has 0 saturated heterocycles. The molecule has 5 rings (SSSR count). The van der Waals surface area contributed by atoms with Crippen LogP contribution in [0.4, 0.5) is 0 Å². The number of rotatable bonds is 5. The van der Waals surface area contributed by atoms with Gasteiger partial charge in [0.25, 0.3) is 0 Å². The highest BCUT2D eigenvalue weighted by atomic mass is 16.3. The first-order valence-electron chi connectivity index (χ1n) is 14.4. The van der Waals surface area contributed by atoms with Crippen molar-refractivity contribution in [3.05, 3.63) is 28.3 Å². The van der Waals surface area contributed by atoms with Gasteiger partial charge in [-0.05, 0) is 67.1 Å². The number of nitrogens with two attached hydrogens (primary N) is 1. The number of carbonyl (C=O) groups excluding carboxylic acids is 5. The lowest BCUT2D eigenvalue weighted by Crippen LogP contribution is -2.71. The molecule has 8 nitrogen and oxygen atoms in total. The molecular weight excluding hydrogens is 498 g/mol. The molecule has 0 radical (unpaired) electrons. The molecule has 2 unspecified atom stereocenters. The Balaban J connectivity index is 1.53. The predicted octanol–water partition coefficient (Wildman–Crippen LogP) is 3.03. The number of phenolic OH excluding ortho intramolecular Hbond substituents is 1. The number of ketones is 4. The van der Waals surface area contributed by atoms with Gasteiger partial charge in [-0.15, -0.1) is 0 Å².